The van der Waals surface area contributed by atoms with Gasteiger partial charge in [0.25, 0.3) is 0 Å². The Labute approximate surface area is 188 Å². The number of anilines is 1. The average molecular weight is 457 g/mol. The fourth-order valence-corrected chi connectivity index (χ4v) is 5.03. The number of urea groups is 1. The van der Waals surface area contributed by atoms with Crippen LogP contribution in [0, 0.1) is 5.92 Å². The summed E-state index contributed by atoms with van der Waals surface area (Å²) in [7, 11) is 0. The molecule has 2 saturated carbocycles. The lowest BCUT2D eigenvalue weighted by Crippen LogP contribution is -2.47. The van der Waals surface area contributed by atoms with Gasteiger partial charge in [-0.3, -0.25) is 4.90 Å². The second-order valence-electron chi connectivity index (χ2n) is 8.88. The third kappa shape index (κ3) is 5.71. The monoisotopic (exact) mass is 456 g/mol. The molecule has 1 aromatic carbocycles. The maximum atomic E-state index is 12.9. The fourth-order valence-electron chi connectivity index (χ4n) is 4.62. The molecule has 3 aliphatic rings. The Balaban J connectivity index is 1.12. The number of rotatable bonds is 6. The summed E-state index contributed by atoms with van der Waals surface area (Å²) in [6.45, 7) is 5.13. The minimum absolute atomic E-state index is 0.207. The molecule has 0 spiro atoms. The van der Waals surface area contributed by atoms with Gasteiger partial charge in [-0.05, 0) is 56.7 Å². The van der Waals surface area contributed by atoms with Crippen molar-refractivity contribution < 1.29 is 9.18 Å². The molecule has 166 valence electrons. The van der Waals surface area contributed by atoms with Crippen molar-refractivity contribution in [1.82, 2.24) is 15.5 Å². The van der Waals surface area contributed by atoms with Gasteiger partial charge in [0.2, 0.25) is 0 Å². The third-order valence-corrected chi connectivity index (χ3v) is 7.52. The highest BCUT2D eigenvalue weighted by atomic mass is 35.5. The predicted octanol–water partition coefficient (Wildman–Crippen LogP) is 4.47. The van der Waals surface area contributed by atoms with Gasteiger partial charge in [0.15, 0.2) is 0 Å². The number of nitrogens with one attached hydrogen (secondary N) is 2. The summed E-state index contributed by atoms with van der Waals surface area (Å²) in [5.41, 5.74) is 1.03. The van der Waals surface area contributed by atoms with Crippen molar-refractivity contribution in [3.63, 3.8) is 0 Å². The molecule has 2 unspecified atom stereocenters. The number of piperazine rings is 1. The van der Waals surface area contributed by atoms with Crippen LogP contribution in [0.3, 0.4) is 0 Å². The van der Waals surface area contributed by atoms with Crippen LogP contribution in [0.25, 0.3) is 0 Å². The molecular weight excluding hydrogens is 426 g/mol. The Bertz CT molecular complexity index is 736. The number of halogens is 3. The molecular formula is C22H31Cl2FN4O. The van der Waals surface area contributed by atoms with E-state index in [1.54, 1.807) is 0 Å². The Morgan fingerprint density at radius 3 is 2.43 bits per heavy atom. The average Bonchev–Trinajstić information content (AvgIpc) is 3.44. The quantitative estimate of drug-likeness (QED) is 0.663. The Hall–Kier alpha value is -1.24. The maximum Gasteiger partial charge on any atom is 0.315 e. The summed E-state index contributed by atoms with van der Waals surface area (Å²) in [5.74, 6) is 0.727. The largest absolute Gasteiger partial charge is 0.368 e. The van der Waals surface area contributed by atoms with E-state index in [0.29, 0.717) is 16.5 Å². The molecule has 1 aromatic rings. The van der Waals surface area contributed by atoms with Crippen molar-refractivity contribution in [3.8, 4) is 0 Å². The highest BCUT2D eigenvalue weighted by molar-refractivity contribution is 6.43. The van der Waals surface area contributed by atoms with Crippen LogP contribution >= 0.6 is 23.2 Å². The molecule has 2 atom stereocenters. The first-order valence-corrected chi connectivity index (χ1v) is 11.9. The van der Waals surface area contributed by atoms with Crippen LogP contribution in [-0.4, -0.2) is 61.9 Å². The van der Waals surface area contributed by atoms with Crippen LogP contribution < -0.4 is 15.5 Å². The first kappa shape index (κ1) is 22.0. The van der Waals surface area contributed by atoms with Gasteiger partial charge >= 0.3 is 6.03 Å². The Morgan fingerprint density at radius 2 is 1.77 bits per heavy atom. The maximum absolute atomic E-state index is 12.9. The van der Waals surface area contributed by atoms with E-state index < -0.39 is 6.17 Å². The highest BCUT2D eigenvalue weighted by Crippen LogP contribution is 2.33. The van der Waals surface area contributed by atoms with Gasteiger partial charge in [0.1, 0.15) is 6.17 Å². The van der Waals surface area contributed by atoms with Crippen LogP contribution in [0.1, 0.15) is 38.5 Å². The number of carbonyl (C=O) groups excluding carboxylic acids is 1. The summed E-state index contributed by atoms with van der Waals surface area (Å²) in [6.07, 6.45) is 5.15. The number of nitrogens with zero attached hydrogens (tertiary/aromatic N) is 2. The summed E-state index contributed by atoms with van der Waals surface area (Å²) in [6, 6.07) is 5.57. The zero-order valence-corrected chi connectivity index (χ0v) is 18.8. The minimum atomic E-state index is -0.851. The molecule has 30 heavy (non-hydrogen) atoms. The molecule has 1 aliphatic heterocycles. The summed E-state index contributed by atoms with van der Waals surface area (Å²) in [5, 5.41) is 6.97. The zero-order valence-electron chi connectivity index (χ0n) is 17.3. The van der Waals surface area contributed by atoms with Crippen molar-refractivity contribution in [3.05, 3.63) is 28.2 Å². The lowest BCUT2D eigenvalue weighted by molar-refractivity contribution is 0.205. The Kier molecular flexibility index (Phi) is 7.27. The van der Waals surface area contributed by atoms with E-state index in [1.165, 1.54) is 6.42 Å². The molecule has 2 amide bonds. The number of alkyl halides is 1. The topological polar surface area (TPSA) is 47.6 Å². The summed E-state index contributed by atoms with van der Waals surface area (Å²) >= 11 is 12.5. The van der Waals surface area contributed by atoms with Gasteiger partial charge in [0.05, 0.1) is 21.8 Å². The molecule has 1 heterocycles. The second-order valence-corrected chi connectivity index (χ2v) is 9.67. The lowest BCUT2D eigenvalue weighted by Gasteiger charge is -2.37. The SMILES string of the molecule is O=C(NC1CC1F)N[C@H]1CC[C@H](CCN2CCN(c3cccc(Cl)c3Cl)CC2)CC1. The smallest absolute Gasteiger partial charge is 0.315 e. The Morgan fingerprint density at radius 1 is 1.07 bits per heavy atom. The van der Waals surface area contributed by atoms with Gasteiger partial charge in [-0.15, -0.1) is 0 Å². The van der Waals surface area contributed by atoms with E-state index in [9.17, 15) is 9.18 Å². The number of hydrogen-bond acceptors (Lipinski definition) is 3. The van der Waals surface area contributed by atoms with Crippen LogP contribution in [0.4, 0.5) is 14.9 Å². The first-order chi connectivity index (χ1) is 14.5. The van der Waals surface area contributed by atoms with Gasteiger partial charge in [0, 0.05) is 38.6 Å². The van der Waals surface area contributed by atoms with Crippen molar-refractivity contribution in [2.75, 3.05) is 37.6 Å². The van der Waals surface area contributed by atoms with E-state index in [-0.39, 0.29) is 18.1 Å². The molecule has 5 nitrogen and oxygen atoms in total. The first-order valence-electron chi connectivity index (χ1n) is 11.1. The second kappa shape index (κ2) is 9.92. The van der Waals surface area contributed by atoms with Gasteiger partial charge in [-0.25, -0.2) is 9.18 Å². The number of hydrogen-bond donors (Lipinski definition) is 2. The minimum Gasteiger partial charge on any atom is -0.368 e. The highest BCUT2D eigenvalue weighted by Gasteiger charge is 2.39. The molecule has 0 radical (unpaired) electrons. The van der Waals surface area contributed by atoms with Crippen molar-refractivity contribution in [1.29, 1.82) is 0 Å². The molecule has 0 aromatic heterocycles. The molecule has 8 heteroatoms. The van der Waals surface area contributed by atoms with Crippen LogP contribution in [0.15, 0.2) is 18.2 Å². The fraction of sp³-hybridized carbons (Fsp3) is 0.682. The van der Waals surface area contributed by atoms with Gasteiger partial charge in [-0.2, -0.15) is 0 Å². The van der Waals surface area contributed by atoms with E-state index >= 15 is 0 Å². The van der Waals surface area contributed by atoms with Gasteiger partial charge in [-0.1, -0.05) is 29.3 Å². The van der Waals surface area contributed by atoms with Crippen LogP contribution in [0.2, 0.25) is 10.0 Å². The van der Waals surface area contributed by atoms with Crippen LogP contribution in [-0.2, 0) is 0 Å². The molecule has 2 aliphatic carbocycles. The van der Waals surface area contributed by atoms with E-state index in [2.05, 4.69) is 20.4 Å². The predicted molar refractivity (Wildman–Crippen MR) is 120 cm³/mol. The number of benzene rings is 1. The standard InChI is InChI=1S/C22H31Cl2FN4O/c23-17-2-1-3-20(21(17)24)29-12-10-28(11-13-29)9-8-15-4-6-16(7-5-15)26-22(30)27-19-14-18(19)25/h1-3,15-16,18-19H,4-14H2,(H2,26,27,30)/t15-,16-,18?,19?. The normalized spacial score (nSPS) is 29.5. The summed E-state index contributed by atoms with van der Waals surface area (Å²) < 4.78 is 12.9. The zero-order chi connectivity index (χ0) is 21.1. The van der Waals surface area contributed by atoms with E-state index in [0.717, 1.165) is 70.0 Å². The summed E-state index contributed by atoms with van der Waals surface area (Å²) in [4.78, 5) is 16.7. The van der Waals surface area contributed by atoms with Crippen molar-refractivity contribution in [2.45, 2.75) is 56.8 Å². The molecule has 0 bridgehead atoms. The lowest BCUT2D eigenvalue weighted by atomic mass is 9.84. The van der Waals surface area contributed by atoms with Crippen molar-refractivity contribution >= 4 is 34.9 Å². The molecule has 2 N–H and O–H groups in total. The van der Waals surface area contributed by atoms with Gasteiger partial charge < -0.3 is 15.5 Å². The van der Waals surface area contributed by atoms with Crippen LogP contribution in [0.5, 0.6) is 0 Å². The third-order valence-electron chi connectivity index (χ3n) is 6.71. The molecule has 4 rings (SSSR count). The van der Waals surface area contributed by atoms with Crippen molar-refractivity contribution in [2.24, 2.45) is 5.92 Å². The number of carbonyl (C=O) groups is 1. The molecule has 1 saturated heterocycles. The van der Waals surface area contributed by atoms with E-state index in [4.69, 9.17) is 23.2 Å². The molecule has 3 fully saturated rings. The van der Waals surface area contributed by atoms with E-state index in [1.807, 2.05) is 18.2 Å². The number of amides is 2.